The first-order valence-corrected chi connectivity index (χ1v) is 11.4. The van der Waals surface area contributed by atoms with Crippen molar-refractivity contribution in [2.24, 2.45) is 7.05 Å². The summed E-state index contributed by atoms with van der Waals surface area (Å²) in [5, 5.41) is 13.2. The Balaban J connectivity index is 1.79. The molecule has 4 aromatic rings. The summed E-state index contributed by atoms with van der Waals surface area (Å²) in [4.78, 5) is 40.3. The molecule has 0 atom stereocenters. The van der Waals surface area contributed by atoms with Crippen LogP contribution < -0.4 is 16.2 Å². The summed E-state index contributed by atoms with van der Waals surface area (Å²) in [5.74, 6) is -0.449. The lowest BCUT2D eigenvalue weighted by molar-refractivity contribution is 0.384. The molecule has 12 heteroatoms. The van der Waals surface area contributed by atoms with Crippen LogP contribution in [0, 0.1) is 0 Å². The number of phenols is 1. The van der Waals surface area contributed by atoms with Crippen LogP contribution in [0.3, 0.4) is 0 Å². The number of hydrogen-bond donors (Lipinski definition) is 4. The van der Waals surface area contributed by atoms with Crippen molar-refractivity contribution in [3.8, 4) is 16.9 Å². The fourth-order valence-corrected chi connectivity index (χ4v) is 4.49. The highest BCUT2D eigenvalue weighted by molar-refractivity contribution is 7.60. The standard InChI is InChI=1S/C20H15Cl2N4O5P/c1-26-18-10(7-12(19(26)28)17-13(21)3-2-4-14(17)22)9-23-20(25-18)24-11-5-6-15(27)16(8-11)32(29,30)31/h2-9,27H,1H3,(H,23,24,25)(H2,29,30,31). The minimum absolute atomic E-state index is 0.0818. The molecule has 0 saturated carbocycles. The van der Waals surface area contributed by atoms with Gasteiger partial charge in [-0.1, -0.05) is 29.3 Å². The van der Waals surface area contributed by atoms with Crippen molar-refractivity contribution < 1.29 is 19.5 Å². The Morgan fingerprint density at radius 2 is 1.78 bits per heavy atom. The van der Waals surface area contributed by atoms with Gasteiger partial charge in [-0.15, -0.1) is 0 Å². The first-order valence-electron chi connectivity index (χ1n) is 9.03. The average molecular weight is 493 g/mol. The van der Waals surface area contributed by atoms with Gasteiger partial charge in [0, 0.05) is 29.9 Å². The topological polar surface area (TPSA) is 138 Å². The van der Waals surface area contributed by atoms with Crippen LogP contribution in [0.4, 0.5) is 11.6 Å². The molecule has 0 bridgehead atoms. The van der Waals surface area contributed by atoms with Gasteiger partial charge in [0.05, 0.1) is 15.6 Å². The number of pyridine rings is 1. The lowest BCUT2D eigenvalue weighted by Crippen LogP contribution is -2.20. The molecule has 0 spiro atoms. The van der Waals surface area contributed by atoms with Crippen molar-refractivity contribution in [3.05, 3.63) is 69.1 Å². The van der Waals surface area contributed by atoms with Crippen LogP contribution in [0.2, 0.25) is 10.0 Å². The first kappa shape index (κ1) is 22.3. The second-order valence-electron chi connectivity index (χ2n) is 6.86. The van der Waals surface area contributed by atoms with E-state index in [1.54, 1.807) is 31.3 Å². The van der Waals surface area contributed by atoms with Crippen LogP contribution >= 0.6 is 30.8 Å². The first-order chi connectivity index (χ1) is 15.1. The fourth-order valence-electron chi connectivity index (χ4n) is 3.20. The predicted octanol–water partition coefficient (Wildman–Crippen LogP) is 3.55. The third kappa shape index (κ3) is 4.09. The lowest BCUT2D eigenvalue weighted by Gasteiger charge is -2.13. The van der Waals surface area contributed by atoms with Gasteiger partial charge in [-0.3, -0.25) is 13.9 Å². The van der Waals surface area contributed by atoms with Gasteiger partial charge in [-0.2, -0.15) is 4.98 Å². The van der Waals surface area contributed by atoms with Crippen molar-refractivity contribution in [2.45, 2.75) is 0 Å². The fraction of sp³-hybridized carbons (Fsp3) is 0.0500. The van der Waals surface area contributed by atoms with Gasteiger partial charge in [0.25, 0.3) is 5.56 Å². The number of aromatic nitrogens is 3. The van der Waals surface area contributed by atoms with E-state index < -0.39 is 18.6 Å². The number of phenolic OH excluding ortho intramolecular Hbond substituents is 1. The van der Waals surface area contributed by atoms with Crippen LogP contribution in [-0.4, -0.2) is 29.4 Å². The molecule has 0 aliphatic rings. The zero-order chi connectivity index (χ0) is 23.2. The summed E-state index contributed by atoms with van der Waals surface area (Å²) in [6.45, 7) is 0. The molecular weight excluding hydrogens is 478 g/mol. The Morgan fingerprint density at radius 1 is 1.09 bits per heavy atom. The number of aromatic hydroxyl groups is 1. The van der Waals surface area contributed by atoms with Crippen molar-refractivity contribution in [1.82, 2.24) is 14.5 Å². The van der Waals surface area contributed by atoms with Gasteiger partial charge in [-0.05, 0) is 36.4 Å². The molecular formula is C20H15Cl2N4O5P. The molecule has 0 aliphatic heterocycles. The average Bonchev–Trinajstić information content (AvgIpc) is 2.72. The number of halogens is 2. The summed E-state index contributed by atoms with van der Waals surface area (Å²) >= 11 is 12.5. The van der Waals surface area contributed by atoms with Crippen molar-refractivity contribution in [1.29, 1.82) is 0 Å². The minimum Gasteiger partial charge on any atom is -0.507 e. The van der Waals surface area contributed by atoms with Crippen LogP contribution in [0.25, 0.3) is 22.2 Å². The van der Waals surface area contributed by atoms with Crippen molar-refractivity contribution in [3.63, 3.8) is 0 Å². The number of nitrogens with one attached hydrogen (secondary N) is 1. The minimum atomic E-state index is -4.68. The third-order valence-corrected chi connectivity index (χ3v) is 6.34. The Morgan fingerprint density at radius 3 is 2.44 bits per heavy atom. The zero-order valence-corrected chi connectivity index (χ0v) is 18.7. The maximum atomic E-state index is 13.0. The molecule has 164 valence electrons. The maximum Gasteiger partial charge on any atom is 0.360 e. The number of nitrogens with zero attached hydrogens (tertiary/aromatic N) is 3. The number of hydrogen-bond acceptors (Lipinski definition) is 6. The summed E-state index contributed by atoms with van der Waals surface area (Å²) in [5.41, 5.74) is 0.892. The zero-order valence-electron chi connectivity index (χ0n) is 16.3. The van der Waals surface area contributed by atoms with Gasteiger partial charge >= 0.3 is 7.60 Å². The normalized spacial score (nSPS) is 11.7. The largest absolute Gasteiger partial charge is 0.507 e. The molecule has 9 nitrogen and oxygen atoms in total. The van der Waals surface area contributed by atoms with Gasteiger partial charge in [0.1, 0.15) is 16.7 Å². The van der Waals surface area contributed by atoms with Gasteiger partial charge in [0.2, 0.25) is 5.95 Å². The number of aryl methyl sites for hydroxylation is 1. The molecule has 0 saturated heterocycles. The molecule has 0 unspecified atom stereocenters. The maximum absolute atomic E-state index is 13.0. The summed E-state index contributed by atoms with van der Waals surface area (Å²) in [6.07, 6.45) is 1.49. The van der Waals surface area contributed by atoms with E-state index in [1.165, 1.54) is 16.8 Å². The van der Waals surface area contributed by atoms with Crippen molar-refractivity contribution >= 4 is 58.8 Å². The van der Waals surface area contributed by atoms with E-state index in [0.717, 1.165) is 12.1 Å². The lowest BCUT2D eigenvalue weighted by atomic mass is 10.1. The van der Waals surface area contributed by atoms with Crippen LogP contribution in [0.5, 0.6) is 5.75 Å². The summed E-state index contributed by atoms with van der Waals surface area (Å²) < 4.78 is 12.9. The predicted molar refractivity (Wildman–Crippen MR) is 123 cm³/mol. The van der Waals surface area contributed by atoms with Crippen molar-refractivity contribution in [2.75, 3.05) is 5.32 Å². The molecule has 0 amide bonds. The number of rotatable bonds is 4. The molecule has 4 N–H and O–H groups in total. The highest BCUT2D eigenvalue weighted by Gasteiger charge is 2.22. The molecule has 32 heavy (non-hydrogen) atoms. The van der Waals surface area contributed by atoms with Gasteiger partial charge < -0.3 is 20.2 Å². The van der Waals surface area contributed by atoms with E-state index in [1.807, 2.05) is 0 Å². The quantitative estimate of drug-likeness (QED) is 0.250. The Bertz CT molecular complexity index is 1470. The van der Waals surface area contributed by atoms with E-state index in [9.17, 15) is 24.3 Å². The summed E-state index contributed by atoms with van der Waals surface area (Å²) in [7, 11) is -3.14. The Labute approximate surface area is 191 Å². The van der Waals surface area contributed by atoms with Gasteiger partial charge in [0.15, 0.2) is 0 Å². The highest BCUT2D eigenvalue weighted by atomic mass is 35.5. The molecule has 4 rings (SSSR count). The smallest absolute Gasteiger partial charge is 0.360 e. The van der Waals surface area contributed by atoms with E-state index in [0.29, 0.717) is 32.2 Å². The number of benzene rings is 2. The van der Waals surface area contributed by atoms with Crippen LogP contribution in [0.1, 0.15) is 0 Å². The molecule has 2 aromatic carbocycles. The number of fused-ring (bicyclic) bond motifs is 1. The second-order valence-corrected chi connectivity index (χ2v) is 9.25. The molecule has 2 aromatic heterocycles. The summed E-state index contributed by atoms with van der Waals surface area (Å²) in [6, 6.07) is 10.2. The van der Waals surface area contributed by atoms with E-state index in [2.05, 4.69) is 15.3 Å². The SMILES string of the molecule is Cn1c(=O)c(-c2c(Cl)cccc2Cl)cc2cnc(Nc3ccc(O)c(P(=O)(O)O)c3)nc21. The molecule has 2 heterocycles. The molecule has 0 aliphatic carbocycles. The second kappa shape index (κ2) is 8.20. The van der Waals surface area contributed by atoms with Crippen LogP contribution in [-0.2, 0) is 11.6 Å². The van der Waals surface area contributed by atoms with E-state index >= 15 is 0 Å². The van der Waals surface area contributed by atoms with Gasteiger partial charge in [-0.25, -0.2) is 4.98 Å². The van der Waals surface area contributed by atoms with E-state index in [-0.39, 0.29) is 17.2 Å². The van der Waals surface area contributed by atoms with Crippen LogP contribution in [0.15, 0.2) is 53.5 Å². The number of anilines is 2. The Hall–Kier alpha value is -2.94. The third-order valence-electron chi connectivity index (χ3n) is 4.73. The monoisotopic (exact) mass is 492 g/mol. The highest BCUT2D eigenvalue weighted by Crippen LogP contribution is 2.38. The molecule has 0 radical (unpaired) electrons. The molecule has 0 fully saturated rings. The van der Waals surface area contributed by atoms with E-state index in [4.69, 9.17) is 23.2 Å². The Kier molecular flexibility index (Phi) is 5.70.